The third-order valence-electron chi connectivity index (χ3n) is 3.84. The lowest BCUT2D eigenvalue weighted by Gasteiger charge is -2.04. The van der Waals surface area contributed by atoms with Gasteiger partial charge in [-0.3, -0.25) is 4.79 Å². The Morgan fingerprint density at radius 3 is 2.58 bits per heavy atom. The first-order valence-corrected chi connectivity index (χ1v) is 10.7. The molecule has 2 aromatic carbocycles. The van der Waals surface area contributed by atoms with E-state index in [-0.39, 0.29) is 10.5 Å². The molecular formula is C19H18N2O3S2. The Hall–Kier alpha value is -2.51. The van der Waals surface area contributed by atoms with Gasteiger partial charge in [0.05, 0.1) is 4.90 Å². The molecule has 0 saturated heterocycles. The molecule has 0 aliphatic heterocycles. The lowest BCUT2D eigenvalue weighted by atomic mass is 10.1. The van der Waals surface area contributed by atoms with Gasteiger partial charge in [0.25, 0.3) is 5.91 Å². The van der Waals surface area contributed by atoms with Gasteiger partial charge in [-0.25, -0.2) is 8.42 Å². The maximum absolute atomic E-state index is 12.5. The smallest absolute Gasteiger partial charge is 0.279 e. The van der Waals surface area contributed by atoms with Gasteiger partial charge in [0.1, 0.15) is 0 Å². The molecule has 0 fully saturated rings. The van der Waals surface area contributed by atoms with Gasteiger partial charge in [-0.1, -0.05) is 35.9 Å². The Morgan fingerprint density at radius 1 is 1.15 bits per heavy atom. The molecule has 3 rings (SSSR count). The van der Waals surface area contributed by atoms with Crippen LogP contribution in [0.2, 0.25) is 0 Å². The molecule has 7 heteroatoms. The number of benzene rings is 2. The van der Waals surface area contributed by atoms with Crippen molar-refractivity contribution in [2.45, 2.75) is 18.4 Å². The third kappa shape index (κ3) is 4.36. The standard InChI is InChI=1S/C19H18N2O3S2/c1-14-6-8-15(9-7-14)13-21-10-11-25-19(21)20-18(22)16-4-3-5-17(12-16)26(2,23)24/h3-12H,13H2,1-2H3. The van der Waals surface area contributed by atoms with E-state index in [4.69, 9.17) is 0 Å². The molecule has 0 bridgehead atoms. The Kier molecular flexibility index (Phi) is 5.20. The SMILES string of the molecule is Cc1ccc(Cn2ccsc2=NC(=O)c2cccc(S(C)(=O)=O)c2)cc1. The summed E-state index contributed by atoms with van der Waals surface area (Å²) in [6, 6.07) is 14.1. The first-order valence-electron chi connectivity index (χ1n) is 7.91. The fourth-order valence-corrected chi connectivity index (χ4v) is 3.80. The highest BCUT2D eigenvalue weighted by molar-refractivity contribution is 7.90. The largest absolute Gasteiger partial charge is 0.319 e. The minimum absolute atomic E-state index is 0.109. The van der Waals surface area contributed by atoms with E-state index in [2.05, 4.69) is 4.99 Å². The van der Waals surface area contributed by atoms with Gasteiger partial charge >= 0.3 is 0 Å². The first kappa shape index (κ1) is 18.3. The van der Waals surface area contributed by atoms with Gasteiger partial charge in [0, 0.05) is 29.9 Å². The molecule has 0 N–H and O–H groups in total. The maximum Gasteiger partial charge on any atom is 0.279 e. The summed E-state index contributed by atoms with van der Waals surface area (Å²) in [5, 5.41) is 1.87. The second-order valence-electron chi connectivity index (χ2n) is 6.02. The number of thiazole rings is 1. The number of aromatic nitrogens is 1. The number of sulfone groups is 1. The first-order chi connectivity index (χ1) is 12.3. The van der Waals surface area contributed by atoms with E-state index in [1.807, 2.05) is 47.3 Å². The number of carbonyl (C=O) groups is 1. The lowest BCUT2D eigenvalue weighted by molar-refractivity contribution is 0.0997. The van der Waals surface area contributed by atoms with Crippen molar-refractivity contribution in [3.05, 3.63) is 81.6 Å². The van der Waals surface area contributed by atoms with E-state index < -0.39 is 15.7 Å². The zero-order valence-corrected chi connectivity index (χ0v) is 16.0. The highest BCUT2D eigenvalue weighted by Gasteiger charge is 2.11. The Morgan fingerprint density at radius 2 is 1.88 bits per heavy atom. The molecule has 5 nitrogen and oxygen atoms in total. The van der Waals surface area contributed by atoms with Crippen molar-refractivity contribution in [1.29, 1.82) is 0 Å². The molecule has 0 atom stereocenters. The number of carbonyl (C=O) groups excluding carboxylic acids is 1. The summed E-state index contributed by atoms with van der Waals surface area (Å²) < 4.78 is 25.2. The van der Waals surface area contributed by atoms with Crippen LogP contribution in [0.25, 0.3) is 0 Å². The molecule has 0 aliphatic rings. The normalized spacial score (nSPS) is 12.3. The Bertz CT molecular complexity index is 1110. The Balaban J connectivity index is 1.90. The average Bonchev–Trinajstić information content (AvgIpc) is 3.03. The highest BCUT2D eigenvalue weighted by Crippen LogP contribution is 2.12. The third-order valence-corrected chi connectivity index (χ3v) is 5.74. The minimum atomic E-state index is -3.37. The predicted molar refractivity (Wildman–Crippen MR) is 102 cm³/mol. The van der Waals surface area contributed by atoms with Crippen LogP contribution in [0.1, 0.15) is 21.5 Å². The summed E-state index contributed by atoms with van der Waals surface area (Å²) in [5.41, 5.74) is 2.56. The van der Waals surface area contributed by atoms with Gasteiger partial charge in [-0.15, -0.1) is 11.3 Å². The number of hydrogen-bond donors (Lipinski definition) is 0. The van der Waals surface area contributed by atoms with E-state index in [9.17, 15) is 13.2 Å². The summed E-state index contributed by atoms with van der Waals surface area (Å²) in [5.74, 6) is -0.462. The number of rotatable bonds is 4. The monoisotopic (exact) mass is 386 g/mol. The quantitative estimate of drug-likeness (QED) is 0.692. The van der Waals surface area contributed by atoms with Crippen LogP contribution in [0.5, 0.6) is 0 Å². The van der Waals surface area contributed by atoms with Gasteiger partial charge in [-0.2, -0.15) is 4.99 Å². The fraction of sp³-hybridized carbons (Fsp3) is 0.158. The van der Waals surface area contributed by atoms with Crippen LogP contribution in [0, 0.1) is 6.92 Å². The van der Waals surface area contributed by atoms with Crippen molar-refractivity contribution in [3.8, 4) is 0 Å². The zero-order valence-electron chi connectivity index (χ0n) is 14.4. The topological polar surface area (TPSA) is 68.5 Å². The Labute approximate surface area is 156 Å². The van der Waals surface area contributed by atoms with Crippen LogP contribution in [0.15, 0.2) is 70.0 Å². The second kappa shape index (κ2) is 7.39. The molecule has 0 radical (unpaired) electrons. The minimum Gasteiger partial charge on any atom is -0.319 e. The maximum atomic E-state index is 12.5. The predicted octanol–water partition coefficient (Wildman–Crippen LogP) is 3.05. The van der Waals surface area contributed by atoms with Crippen LogP contribution in [0.3, 0.4) is 0 Å². The number of nitrogens with zero attached hydrogens (tertiary/aromatic N) is 2. The van der Waals surface area contributed by atoms with E-state index in [1.54, 1.807) is 12.1 Å². The van der Waals surface area contributed by atoms with Gasteiger partial charge < -0.3 is 4.57 Å². The molecule has 0 unspecified atom stereocenters. The number of hydrogen-bond acceptors (Lipinski definition) is 4. The van der Waals surface area contributed by atoms with Crippen molar-refractivity contribution in [3.63, 3.8) is 0 Å². The lowest BCUT2D eigenvalue weighted by Crippen LogP contribution is -2.17. The van der Waals surface area contributed by atoms with Gasteiger partial charge in [0.15, 0.2) is 14.6 Å². The molecule has 1 amide bonds. The molecule has 1 heterocycles. The van der Waals surface area contributed by atoms with Crippen molar-refractivity contribution in [2.24, 2.45) is 4.99 Å². The number of amides is 1. The molecular weight excluding hydrogens is 368 g/mol. The van der Waals surface area contributed by atoms with Crippen molar-refractivity contribution >= 4 is 27.1 Å². The fourth-order valence-electron chi connectivity index (χ4n) is 2.41. The number of aryl methyl sites for hydroxylation is 1. The van der Waals surface area contributed by atoms with E-state index in [1.165, 1.54) is 29.0 Å². The van der Waals surface area contributed by atoms with E-state index in [0.29, 0.717) is 11.3 Å². The molecule has 0 saturated carbocycles. The molecule has 1 aromatic heterocycles. The summed E-state index contributed by atoms with van der Waals surface area (Å²) in [6.07, 6.45) is 2.99. The molecule has 0 spiro atoms. The van der Waals surface area contributed by atoms with Crippen LogP contribution in [-0.4, -0.2) is 25.1 Å². The van der Waals surface area contributed by atoms with Gasteiger partial charge in [-0.05, 0) is 30.7 Å². The average molecular weight is 386 g/mol. The summed E-state index contributed by atoms with van der Waals surface area (Å²) >= 11 is 1.36. The van der Waals surface area contributed by atoms with E-state index >= 15 is 0 Å². The van der Waals surface area contributed by atoms with Gasteiger partial charge in [0.2, 0.25) is 0 Å². The summed E-state index contributed by atoms with van der Waals surface area (Å²) in [6.45, 7) is 2.64. The van der Waals surface area contributed by atoms with Crippen LogP contribution < -0.4 is 4.80 Å². The summed E-state index contributed by atoms with van der Waals surface area (Å²) in [4.78, 5) is 17.3. The van der Waals surface area contributed by atoms with Crippen LogP contribution in [0.4, 0.5) is 0 Å². The van der Waals surface area contributed by atoms with Crippen molar-refractivity contribution in [2.75, 3.05) is 6.26 Å². The zero-order chi connectivity index (χ0) is 18.7. The molecule has 0 aliphatic carbocycles. The highest BCUT2D eigenvalue weighted by atomic mass is 32.2. The van der Waals surface area contributed by atoms with Crippen molar-refractivity contribution in [1.82, 2.24) is 4.57 Å². The van der Waals surface area contributed by atoms with Crippen molar-refractivity contribution < 1.29 is 13.2 Å². The van der Waals surface area contributed by atoms with E-state index in [0.717, 1.165) is 11.8 Å². The second-order valence-corrected chi connectivity index (χ2v) is 8.90. The van der Waals surface area contributed by atoms with Crippen LogP contribution >= 0.6 is 11.3 Å². The summed E-state index contributed by atoms with van der Waals surface area (Å²) in [7, 11) is -3.37. The molecule has 3 aromatic rings. The molecule has 134 valence electrons. The van der Waals surface area contributed by atoms with Crippen LogP contribution in [-0.2, 0) is 16.4 Å². The molecule has 26 heavy (non-hydrogen) atoms.